The minimum absolute atomic E-state index is 0.0899. The fourth-order valence-electron chi connectivity index (χ4n) is 4.24. The quantitative estimate of drug-likeness (QED) is 0.204. The highest BCUT2D eigenvalue weighted by atomic mass is 79.9. The fraction of sp³-hybridized carbons (Fsp3) is 0.469. The van der Waals surface area contributed by atoms with Gasteiger partial charge in [-0.15, -0.1) is 0 Å². The number of aromatic nitrogens is 3. The Bertz CT molecular complexity index is 1670. The minimum atomic E-state index is -1.96. The van der Waals surface area contributed by atoms with E-state index in [-0.39, 0.29) is 5.04 Å². The Morgan fingerprint density at radius 2 is 1.43 bits per heavy atom. The molecule has 10 heteroatoms. The van der Waals surface area contributed by atoms with Gasteiger partial charge in [-0.05, 0) is 102 Å². The van der Waals surface area contributed by atoms with Crippen LogP contribution in [-0.2, 0) is 20.5 Å². The van der Waals surface area contributed by atoms with E-state index in [9.17, 15) is 9.59 Å². The van der Waals surface area contributed by atoms with E-state index in [0.717, 1.165) is 15.4 Å². The summed E-state index contributed by atoms with van der Waals surface area (Å²) in [5.41, 5.74) is 1.77. The maximum Gasteiger partial charge on any atom is 0.435 e. The van der Waals surface area contributed by atoms with E-state index in [1.807, 2.05) is 57.2 Å². The van der Waals surface area contributed by atoms with Crippen molar-refractivity contribution < 1.29 is 23.5 Å². The van der Waals surface area contributed by atoms with Gasteiger partial charge in [0.1, 0.15) is 16.9 Å². The molecule has 8 nitrogen and oxygen atoms in total. The van der Waals surface area contributed by atoms with E-state index in [1.54, 1.807) is 26.8 Å². The number of benzene rings is 2. The van der Waals surface area contributed by atoms with Crippen LogP contribution in [-0.4, -0.2) is 46.1 Å². The van der Waals surface area contributed by atoms with Crippen LogP contribution >= 0.6 is 15.9 Å². The van der Waals surface area contributed by atoms with E-state index < -0.39 is 31.7 Å². The summed E-state index contributed by atoms with van der Waals surface area (Å²) in [6, 6.07) is 13.4. The minimum Gasteiger partial charge on any atom is -0.443 e. The van der Waals surface area contributed by atoms with Crippen molar-refractivity contribution in [1.82, 2.24) is 14.3 Å². The molecule has 2 aromatic heterocycles. The van der Waals surface area contributed by atoms with E-state index >= 15 is 0 Å². The predicted octanol–water partition coefficient (Wildman–Crippen LogP) is 9.51. The maximum atomic E-state index is 13.7. The number of carbonyl (C=O) groups is 2. The molecule has 42 heavy (non-hydrogen) atoms. The Kier molecular flexibility index (Phi) is 8.34. The second kappa shape index (κ2) is 11.0. The van der Waals surface area contributed by atoms with E-state index in [0.29, 0.717) is 34.4 Å². The van der Waals surface area contributed by atoms with Crippen LogP contribution in [0.1, 0.15) is 67.9 Å². The number of rotatable bonds is 4. The fourth-order valence-corrected chi connectivity index (χ4v) is 5.56. The van der Waals surface area contributed by atoms with Crippen LogP contribution in [0.25, 0.3) is 33.2 Å². The molecule has 0 fully saturated rings. The maximum absolute atomic E-state index is 13.7. The smallest absolute Gasteiger partial charge is 0.435 e. The topological polar surface area (TPSA) is 84.6 Å². The molecule has 0 atom stereocenters. The largest absolute Gasteiger partial charge is 0.443 e. The van der Waals surface area contributed by atoms with Crippen molar-refractivity contribution in [2.24, 2.45) is 0 Å². The summed E-state index contributed by atoms with van der Waals surface area (Å²) in [7, 11) is -1.96. The monoisotopic (exact) mass is 655 g/mol. The Hall–Kier alpha value is -2.95. The Morgan fingerprint density at radius 3 is 2.02 bits per heavy atom. The summed E-state index contributed by atoms with van der Waals surface area (Å²) < 4.78 is 21.5. The van der Waals surface area contributed by atoms with Gasteiger partial charge in [0.15, 0.2) is 8.32 Å². The first kappa shape index (κ1) is 32.0. The highest BCUT2D eigenvalue weighted by Gasteiger charge is 2.37. The summed E-state index contributed by atoms with van der Waals surface area (Å²) in [6.45, 7) is 22.5. The normalized spacial score (nSPS) is 13.1. The molecule has 0 aliphatic heterocycles. The van der Waals surface area contributed by atoms with Crippen LogP contribution in [0.3, 0.4) is 0 Å². The van der Waals surface area contributed by atoms with Crippen molar-refractivity contribution >= 4 is 58.2 Å². The molecule has 0 spiro atoms. The third kappa shape index (κ3) is 6.81. The highest BCUT2D eigenvalue weighted by molar-refractivity contribution is 9.10. The molecule has 0 aliphatic rings. The molecule has 2 heterocycles. The molecule has 0 amide bonds. The molecule has 4 aromatic rings. The first-order chi connectivity index (χ1) is 19.2. The zero-order valence-corrected chi connectivity index (χ0v) is 29.1. The van der Waals surface area contributed by atoms with E-state index in [4.69, 9.17) is 19.0 Å². The molecule has 0 bridgehead atoms. The third-order valence-corrected chi connectivity index (χ3v) is 12.3. The molecule has 0 N–H and O–H groups in total. The van der Waals surface area contributed by atoms with Gasteiger partial charge in [-0.25, -0.2) is 14.2 Å². The molecule has 226 valence electrons. The molecule has 0 radical (unpaired) electrons. The first-order valence-electron chi connectivity index (χ1n) is 14.1. The number of halogens is 1. The van der Waals surface area contributed by atoms with Gasteiger partial charge in [-0.1, -0.05) is 42.8 Å². The van der Waals surface area contributed by atoms with Crippen molar-refractivity contribution in [2.45, 2.75) is 98.3 Å². The van der Waals surface area contributed by atoms with E-state index in [2.05, 4.69) is 49.8 Å². The average Bonchev–Trinajstić information content (AvgIpc) is 3.37. The molecular formula is C32H42BrN3O5Si. The molecular weight excluding hydrogens is 614 g/mol. The summed E-state index contributed by atoms with van der Waals surface area (Å²) in [5, 5.41) is 6.32. The summed E-state index contributed by atoms with van der Waals surface area (Å²) in [5.74, 6) is 0. The zero-order valence-electron chi connectivity index (χ0n) is 26.5. The standard InChI is InChI=1S/C32H42BrN3O5Si/c1-30(2,3)40-28(37)35-24-14-12-20(19-39-42(10,11)32(7,8)9)16-21(24)17-26(35)27-23-18-22(33)13-15-25(23)36(34-27)29(38)41-31(4,5)6/h12-18H,19H2,1-11H3. The second-order valence-electron chi connectivity index (χ2n) is 14.2. The van der Waals surface area contributed by atoms with Crippen molar-refractivity contribution in [1.29, 1.82) is 0 Å². The van der Waals surface area contributed by atoms with Gasteiger partial charge in [0.2, 0.25) is 0 Å². The van der Waals surface area contributed by atoms with Crippen molar-refractivity contribution in [2.75, 3.05) is 0 Å². The molecule has 2 aromatic carbocycles. The Morgan fingerprint density at radius 1 is 0.833 bits per heavy atom. The van der Waals surface area contributed by atoms with Gasteiger partial charge in [0, 0.05) is 15.2 Å². The lowest BCUT2D eigenvalue weighted by Crippen LogP contribution is -2.40. The first-order valence-corrected chi connectivity index (χ1v) is 17.8. The molecule has 0 saturated heterocycles. The SMILES string of the molecule is CC(C)(C)OC(=O)n1nc(-c2cc3cc(CO[Si](C)(C)C(C)(C)C)ccc3n2C(=O)OC(C)(C)C)c2cc(Br)ccc21. The predicted molar refractivity (Wildman–Crippen MR) is 174 cm³/mol. The number of fused-ring (bicyclic) bond motifs is 2. The number of hydrogen-bond acceptors (Lipinski definition) is 6. The third-order valence-electron chi connectivity index (χ3n) is 7.30. The van der Waals surface area contributed by atoms with Crippen LogP contribution in [0.4, 0.5) is 9.59 Å². The van der Waals surface area contributed by atoms with Gasteiger partial charge >= 0.3 is 12.2 Å². The van der Waals surface area contributed by atoms with E-state index in [1.165, 1.54) is 9.25 Å². The number of ether oxygens (including phenoxy) is 2. The Balaban J connectivity index is 1.91. The molecule has 4 rings (SSSR count). The van der Waals surface area contributed by atoms with Crippen molar-refractivity contribution in [3.63, 3.8) is 0 Å². The lowest BCUT2D eigenvalue weighted by molar-refractivity contribution is 0.0520. The molecule has 0 saturated carbocycles. The van der Waals surface area contributed by atoms with Crippen LogP contribution in [0.15, 0.2) is 46.9 Å². The van der Waals surface area contributed by atoms with Gasteiger partial charge in [-0.2, -0.15) is 9.78 Å². The van der Waals surface area contributed by atoms with Crippen LogP contribution in [0.5, 0.6) is 0 Å². The number of nitrogens with zero attached hydrogens (tertiary/aromatic N) is 3. The molecule has 0 aliphatic carbocycles. The number of carbonyl (C=O) groups excluding carboxylic acids is 2. The Labute approximate surface area is 257 Å². The van der Waals surface area contributed by atoms with Gasteiger partial charge < -0.3 is 13.9 Å². The molecule has 0 unspecified atom stereocenters. The van der Waals surface area contributed by atoms with Crippen LogP contribution < -0.4 is 0 Å². The van der Waals surface area contributed by atoms with Crippen LogP contribution in [0.2, 0.25) is 18.1 Å². The lowest BCUT2D eigenvalue weighted by atomic mass is 10.1. The van der Waals surface area contributed by atoms with Gasteiger partial charge in [-0.3, -0.25) is 0 Å². The average molecular weight is 657 g/mol. The summed E-state index contributed by atoms with van der Waals surface area (Å²) >= 11 is 3.55. The van der Waals surface area contributed by atoms with Crippen LogP contribution in [0, 0.1) is 0 Å². The van der Waals surface area contributed by atoms with Crippen molar-refractivity contribution in [3.8, 4) is 11.4 Å². The second-order valence-corrected chi connectivity index (χ2v) is 19.9. The highest BCUT2D eigenvalue weighted by Crippen LogP contribution is 2.38. The van der Waals surface area contributed by atoms with Gasteiger partial charge in [0.25, 0.3) is 0 Å². The lowest BCUT2D eigenvalue weighted by Gasteiger charge is -2.36. The zero-order chi connectivity index (χ0) is 31.4. The summed E-state index contributed by atoms with van der Waals surface area (Å²) in [4.78, 5) is 26.9. The number of hydrogen-bond donors (Lipinski definition) is 0. The van der Waals surface area contributed by atoms with Crippen molar-refractivity contribution in [3.05, 3.63) is 52.5 Å². The summed E-state index contributed by atoms with van der Waals surface area (Å²) in [6.07, 6.45) is -1.14. The van der Waals surface area contributed by atoms with Gasteiger partial charge in [0.05, 0.1) is 23.3 Å².